The van der Waals surface area contributed by atoms with E-state index in [0.29, 0.717) is 25.5 Å². The minimum absolute atomic E-state index is 0.00794. The van der Waals surface area contributed by atoms with Crippen molar-refractivity contribution >= 4 is 11.6 Å². The number of fused-ring (bicyclic) bond motifs is 1. The SMILES string of the molecule is CCCN(CCC)CC(=O)Nc1ccc2c(c1)OCCO2. The first-order valence-electron chi connectivity index (χ1n) is 7.64. The van der Waals surface area contributed by atoms with Gasteiger partial charge in [0, 0.05) is 11.8 Å². The van der Waals surface area contributed by atoms with E-state index in [2.05, 4.69) is 24.1 Å². The second kappa shape index (κ2) is 7.88. The Balaban J connectivity index is 1.92. The van der Waals surface area contributed by atoms with Crippen LogP contribution in [0, 0.1) is 0 Å². The van der Waals surface area contributed by atoms with E-state index in [1.807, 2.05) is 18.2 Å². The van der Waals surface area contributed by atoms with Gasteiger partial charge in [0.15, 0.2) is 11.5 Å². The van der Waals surface area contributed by atoms with Gasteiger partial charge in [-0.2, -0.15) is 0 Å². The Morgan fingerprint density at radius 2 is 1.81 bits per heavy atom. The Morgan fingerprint density at radius 3 is 2.48 bits per heavy atom. The molecule has 2 rings (SSSR count). The van der Waals surface area contributed by atoms with Crippen molar-refractivity contribution in [3.63, 3.8) is 0 Å². The topological polar surface area (TPSA) is 50.8 Å². The maximum atomic E-state index is 12.1. The standard InChI is InChI=1S/C16H24N2O3/c1-3-7-18(8-4-2)12-16(19)17-13-5-6-14-15(11-13)21-10-9-20-14/h5-6,11H,3-4,7-10,12H2,1-2H3,(H,17,19). The lowest BCUT2D eigenvalue weighted by Gasteiger charge is -2.21. The summed E-state index contributed by atoms with van der Waals surface area (Å²) < 4.78 is 11.0. The lowest BCUT2D eigenvalue weighted by molar-refractivity contribution is -0.117. The summed E-state index contributed by atoms with van der Waals surface area (Å²) in [5.41, 5.74) is 0.747. The van der Waals surface area contributed by atoms with Crippen molar-refractivity contribution in [2.45, 2.75) is 26.7 Å². The van der Waals surface area contributed by atoms with Crippen LogP contribution in [0.25, 0.3) is 0 Å². The average Bonchev–Trinajstić information content (AvgIpc) is 2.47. The summed E-state index contributed by atoms with van der Waals surface area (Å²) in [6.45, 7) is 7.69. The van der Waals surface area contributed by atoms with E-state index in [0.717, 1.165) is 37.4 Å². The number of ether oxygens (including phenoxy) is 2. The molecule has 0 bridgehead atoms. The summed E-state index contributed by atoms with van der Waals surface area (Å²) in [6, 6.07) is 5.49. The van der Waals surface area contributed by atoms with Gasteiger partial charge in [0.2, 0.25) is 5.91 Å². The van der Waals surface area contributed by atoms with E-state index in [9.17, 15) is 4.79 Å². The van der Waals surface area contributed by atoms with E-state index >= 15 is 0 Å². The fourth-order valence-electron chi connectivity index (χ4n) is 2.43. The zero-order valence-electron chi connectivity index (χ0n) is 12.9. The van der Waals surface area contributed by atoms with Crippen molar-refractivity contribution in [2.24, 2.45) is 0 Å². The minimum Gasteiger partial charge on any atom is -0.486 e. The first-order valence-corrected chi connectivity index (χ1v) is 7.64. The normalized spacial score (nSPS) is 13.3. The highest BCUT2D eigenvalue weighted by Gasteiger charge is 2.14. The Kier molecular flexibility index (Phi) is 5.87. The minimum atomic E-state index is 0.00794. The monoisotopic (exact) mass is 292 g/mol. The third-order valence-electron chi connectivity index (χ3n) is 3.27. The van der Waals surface area contributed by atoms with Crippen LogP contribution in [-0.4, -0.2) is 43.7 Å². The van der Waals surface area contributed by atoms with Crippen LogP contribution in [0.5, 0.6) is 11.5 Å². The molecule has 0 saturated heterocycles. The fourth-order valence-corrected chi connectivity index (χ4v) is 2.43. The Labute approximate surface area is 126 Å². The summed E-state index contributed by atoms with van der Waals surface area (Å²) in [6.07, 6.45) is 2.11. The van der Waals surface area contributed by atoms with Crippen molar-refractivity contribution in [3.8, 4) is 11.5 Å². The van der Waals surface area contributed by atoms with Crippen molar-refractivity contribution < 1.29 is 14.3 Å². The van der Waals surface area contributed by atoms with Crippen LogP contribution in [-0.2, 0) is 4.79 Å². The van der Waals surface area contributed by atoms with Gasteiger partial charge in [0.1, 0.15) is 13.2 Å². The summed E-state index contributed by atoms with van der Waals surface area (Å²) in [7, 11) is 0. The number of carbonyl (C=O) groups excluding carboxylic acids is 1. The highest BCUT2D eigenvalue weighted by molar-refractivity contribution is 5.92. The number of benzene rings is 1. The summed E-state index contributed by atoms with van der Waals surface area (Å²) >= 11 is 0. The van der Waals surface area contributed by atoms with Crippen LogP contribution < -0.4 is 14.8 Å². The van der Waals surface area contributed by atoms with Crippen LogP contribution in [0.3, 0.4) is 0 Å². The number of rotatable bonds is 7. The summed E-state index contributed by atoms with van der Waals surface area (Å²) in [5, 5.41) is 2.92. The molecule has 1 aliphatic heterocycles. The molecular formula is C16H24N2O3. The summed E-state index contributed by atoms with van der Waals surface area (Å²) in [4.78, 5) is 14.3. The van der Waals surface area contributed by atoms with E-state index in [1.54, 1.807) is 0 Å². The molecule has 0 unspecified atom stereocenters. The maximum Gasteiger partial charge on any atom is 0.238 e. The molecule has 0 atom stereocenters. The molecule has 0 spiro atoms. The molecular weight excluding hydrogens is 268 g/mol. The largest absolute Gasteiger partial charge is 0.486 e. The van der Waals surface area contributed by atoms with Gasteiger partial charge in [-0.25, -0.2) is 0 Å². The molecule has 0 aliphatic carbocycles. The third kappa shape index (κ3) is 4.63. The van der Waals surface area contributed by atoms with Gasteiger partial charge < -0.3 is 14.8 Å². The lowest BCUT2D eigenvalue weighted by Crippen LogP contribution is -2.34. The molecule has 1 amide bonds. The van der Waals surface area contributed by atoms with E-state index < -0.39 is 0 Å². The van der Waals surface area contributed by atoms with Gasteiger partial charge >= 0.3 is 0 Å². The molecule has 1 heterocycles. The molecule has 0 aromatic heterocycles. The number of hydrogen-bond donors (Lipinski definition) is 1. The van der Waals surface area contributed by atoms with Crippen molar-refractivity contribution in [3.05, 3.63) is 18.2 Å². The van der Waals surface area contributed by atoms with Crippen molar-refractivity contribution in [1.29, 1.82) is 0 Å². The molecule has 1 aromatic rings. The van der Waals surface area contributed by atoms with Crippen LogP contribution in [0.4, 0.5) is 5.69 Å². The Bertz CT molecular complexity index is 471. The molecule has 21 heavy (non-hydrogen) atoms. The summed E-state index contributed by atoms with van der Waals surface area (Å²) in [5.74, 6) is 1.43. The average molecular weight is 292 g/mol. The molecule has 1 aromatic carbocycles. The highest BCUT2D eigenvalue weighted by Crippen LogP contribution is 2.32. The molecule has 0 fully saturated rings. The first kappa shape index (κ1) is 15.6. The molecule has 0 radical (unpaired) electrons. The quantitative estimate of drug-likeness (QED) is 0.839. The van der Waals surface area contributed by atoms with E-state index in [1.165, 1.54) is 0 Å². The zero-order chi connectivity index (χ0) is 15.1. The number of amides is 1. The van der Waals surface area contributed by atoms with Gasteiger partial charge in [-0.1, -0.05) is 13.8 Å². The second-order valence-corrected chi connectivity index (χ2v) is 5.18. The van der Waals surface area contributed by atoms with E-state index in [-0.39, 0.29) is 5.91 Å². The predicted molar refractivity (Wildman–Crippen MR) is 83.1 cm³/mol. The predicted octanol–water partition coefficient (Wildman–Crippen LogP) is 2.52. The third-order valence-corrected chi connectivity index (χ3v) is 3.27. The number of carbonyl (C=O) groups is 1. The van der Waals surface area contributed by atoms with Crippen LogP contribution in [0.2, 0.25) is 0 Å². The number of nitrogens with zero attached hydrogens (tertiary/aromatic N) is 1. The lowest BCUT2D eigenvalue weighted by atomic mass is 10.2. The van der Waals surface area contributed by atoms with Crippen LogP contribution in [0.15, 0.2) is 18.2 Å². The maximum absolute atomic E-state index is 12.1. The highest BCUT2D eigenvalue weighted by atomic mass is 16.6. The Hall–Kier alpha value is -1.75. The molecule has 116 valence electrons. The molecule has 5 heteroatoms. The fraction of sp³-hybridized carbons (Fsp3) is 0.562. The smallest absolute Gasteiger partial charge is 0.238 e. The van der Waals surface area contributed by atoms with Crippen LogP contribution >= 0.6 is 0 Å². The van der Waals surface area contributed by atoms with Crippen molar-refractivity contribution in [2.75, 3.05) is 38.2 Å². The van der Waals surface area contributed by atoms with Gasteiger partial charge in [-0.15, -0.1) is 0 Å². The van der Waals surface area contributed by atoms with Gasteiger partial charge in [-0.05, 0) is 38.1 Å². The first-order chi connectivity index (χ1) is 10.2. The molecule has 1 aliphatic rings. The van der Waals surface area contributed by atoms with Gasteiger partial charge in [0.05, 0.1) is 6.54 Å². The number of hydrogen-bond acceptors (Lipinski definition) is 4. The number of anilines is 1. The zero-order valence-corrected chi connectivity index (χ0v) is 12.9. The second-order valence-electron chi connectivity index (χ2n) is 5.18. The molecule has 0 saturated carbocycles. The number of nitrogens with one attached hydrogen (secondary N) is 1. The van der Waals surface area contributed by atoms with E-state index in [4.69, 9.17) is 9.47 Å². The van der Waals surface area contributed by atoms with Crippen LogP contribution in [0.1, 0.15) is 26.7 Å². The van der Waals surface area contributed by atoms with Crippen molar-refractivity contribution in [1.82, 2.24) is 4.90 Å². The Morgan fingerprint density at radius 1 is 1.14 bits per heavy atom. The van der Waals surface area contributed by atoms with Gasteiger partial charge in [-0.3, -0.25) is 9.69 Å². The molecule has 1 N–H and O–H groups in total. The van der Waals surface area contributed by atoms with Gasteiger partial charge in [0.25, 0.3) is 0 Å². The molecule has 5 nitrogen and oxygen atoms in total.